The third-order valence-electron chi connectivity index (χ3n) is 2.13. The molecule has 0 aliphatic carbocycles. The van der Waals surface area contributed by atoms with Gasteiger partial charge in [-0.2, -0.15) is 0 Å². The molecule has 1 aromatic rings. The summed E-state index contributed by atoms with van der Waals surface area (Å²) < 4.78 is 15.9. The molecule has 2 rings (SSSR count). The van der Waals surface area contributed by atoms with Crippen molar-refractivity contribution in [2.75, 3.05) is 0 Å². The van der Waals surface area contributed by atoms with Crippen molar-refractivity contribution in [1.82, 2.24) is 4.90 Å². The highest BCUT2D eigenvalue weighted by molar-refractivity contribution is 5.98. The lowest BCUT2D eigenvalue weighted by molar-refractivity contribution is 0.0730. The maximum Gasteiger partial charge on any atom is 0.254 e. The first kappa shape index (κ1) is 6.19. The summed E-state index contributed by atoms with van der Waals surface area (Å²) in [5.41, 5.74) is 0.958. The van der Waals surface area contributed by atoms with E-state index >= 15 is 0 Å². The molecule has 0 unspecified atom stereocenters. The molecule has 0 bridgehead atoms. The van der Waals surface area contributed by atoms with E-state index in [1.807, 2.05) is 13.8 Å². The molecule has 0 saturated carbocycles. The Morgan fingerprint density at radius 1 is 1.46 bits per heavy atom. The van der Waals surface area contributed by atoms with Crippen LogP contribution in [0.4, 0.5) is 0 Å². The fourth-order valence-corrected chi connectivity index (χ4v) is 1.44. The number of hydrogen-bond acceptors (Lipinski definition) is 1. The molecular formula is C11H13NO. The van der Waals surface area contributed by atoms with Gasteiger partial charge in [-0.25, -0.2) is 0 Å². The van der Waals surface area contributed by atoms with Crippen molar-refractivity contribution >= 4 is 5.91 Å². The number of carbonyl (C=O) groups excluding carboxylic acids is 1. The fraction of sp³-hybridized carbons (Fsp3) is 0.364. The monoisotopic (exact) mass is 177 g/mol. The number of rotatable bonds is 1. The van der Waals surface area contributed by atoms with Crippen LogP contribution in [-0.4, -0.2) is 16.8 Å². The highest BCUT2D eigenvalue weighted by Gasteiger charge is 2.27. The summed E-state index contributed by atoms with van der Waals surface area (Å²) in [6, 6.07) is 6.73. The molecule has 0 radical (unpaired) electrons. The van der Waals surface area contributed by atoms with E-state index in [0.29, 0.717) is 11.1 Å². The van der Waals surface area contributed by atoms with Crippen molar-refractivity contribution in [2.24, 2.45) is 0 Å². The second-order valence-corrected chi connectivity index (χ2v) is 3.43. The van der Waals surface area contributed by atoms with Gasteiger partial charge in [0.05, 0.1) is 2.74 Å². The molecule has 0 N–H and O–H groups in total. The lowest BCUT2D eigenvalue weighted by Gasteiger charge is -2.19. The molecular weight excluding hydrogens is 162 g/mol. The van der Waals surface area contributed by atoms with Gasteiger partial charge in [0.15, 0.2) is 0 Å². The van der Waals surface area contributed by atoms with E-state index in [1.165, 1.54) is 4.90 Å². The predicted octanol–water partition coefficient (Wildman–Crippen LogP) is 2.05. The molecule has 0 spiro atoms. The zero-order chi connectivity index (χ0) is 11.2. The van der Waals surface area contributed by atoms with E-state index in [9.17, 15) is 4.79 Å². The van der Waals surface area contributed by atoms with E-state index < -0.39 is 6.50 Å². The molecule has 1 heterocycles. The van der Waals surface area contributed by atoms with Crippen molar-refractivity contribution in [3.05, 3.63) is 35.4 Å². The quantitative estimate of drug-likeness (QED) is 0.643. The Morgan fingerprint density at radius 3 is 2.77 bits per heavy atom. The summed E-state index contributed by atoms with van der Waals surface area (Å²) in [5, 5.41) is 0. The molecule has 13 heavy (non-hydrogen) atoms. The van der Waals surface area contributed by atoms with E-state index in [4.69, 9.17) is 2.74 Å². The van der Waals surface area contributed by atoms with E-state index in [1.54, 1.807) is 24.3 Å². The topological polar surface area (TPSA) is 20.3 Å². The van der Waals surface area contributed by atoms with Gasteiger partial charge in [0.25, 0.3) is 5.91 Å². The molecule has 1 amide bonds. The second kappa shape index (κ2) is 2.87. The van der Waals surface area contributed by atoms with Gasteiger partial charge in [0.1, 0.15) is 0 Å². The molecule has 0 fully saturated rings. The van der Waals surface area contributed by atoms with Gasteiger partial charge in [-0.05, 0) is 25.5 Å². The Balaban J connectivity index is 2.60. The number of fused-ring (bicyclic) bond motifs is 1. The molecule has 1 aliphatic rings. The summed E-state index contributed by atoms with van der Waals surface area (Å²) >= 11 is 0. The Morgan fingerprint density at radius 2 is 2.15 bits per heavy atom. The fourth-order valence-electron chi connectivity index (χ4n) is 1.44. The summed E-state index contributed by atoms with van der Waals surface area (Å²) in [4.78, 5) is 13.2. The van der Waals surface area contributed by atoms with Gasteiger partial charge in [-0.3, -0.25) is 4.79 Å². The smallest absolute Gasteiger partial charge is 0.254 e. The number of amides is 1. The summed E-state index contributed by atoms with van der Waals surface area (Å²) in [6.07, 6.45) is 0. The Hall–Kier alpha value is -1.31. The van der Waals surface area contributed by atoms with Gasteiger partial charge in [-0.1, -0.05) is 18.2 Å². The van der Waals surface area contributed by atoms with Crippen molar-refractivity contribution in [3.8, 4) is 0 Å². The van der Waals surface area contributed by atoms with Crippen LogP contribution >= 0.6 is 0 Å². The van der Waals surface area contributed by atoms with Gasteiger partial charge >= 0.3 is 0 Å². The lowest BCUT2D eigenvalue weighted by Crippen LogP contribution is -2.30. The highest BCUT2D eigenvalue weighted by atomic mass is 16.2. The Kier molecular flexibility index (Phi) is 1.37. The number of carbonyl (C=O) groups is 1. The van der Waals surface area contributed by atoms with Crippen LogP contribution in [0, 0.1) is 0 Å². The molecule has 1 aliphatic heterocycles. The first-order valence-electron chi connectivity index (χ1n) is 5.39. The minimum atomic E-state index is -1.68. The van der Waals surface area contributed by atoms with Gasteiger partial charge in [0, 0.05) is 18.1 Å². The molecule has 68 valence electrons. The van der Waals surface area contributed by atoms with Crippen LogP contribution in [-0.2, 0) is 6.50 Å². The van der Waals surface area contributed by atoms with Crippen LogP contribution in [0.2, 0.25) is 0 Å². The number of hydrogen-bond donors (Lipinski definition) is 0. The van der Waals surface area contributed by atoms with Crippen molar-refractivity contribution in [1.29, 1.82) is 0 Å². The summed E-state index contributed by atoms with van der Waals surface area (Å²) in [6.45, 7) is 1.96. The zero-order valence-corrected chi connectivity index (χ0v) is 7.74. The van der Waals surface area contributed by atoms with Crippen LogP contribution < -0.4 is 0 Å². The molecule has 1 aromatic carbocycles. The van der Waals surface area contributed by atoms with E-state index in [0.717, 1.165) is 0 Å². The third-order valence-corrected chi connectivity index (χ3v) is 2.13. The third kappa shape index (κ3) is 1.22. The maximum absolute atomic E-state index is 11.9. The number of benzene rings is 1. The van der Waals surface area contributed by atoms with Crippen LogP contribution in [0.3, 0.4) is 0 Å². The van der Waals surface area contributed by atoms with E-state index in [2.05, 4.69) is 0 Å². The maximum atomic E-state index is 11.9. The summed E-state index contributed by atoms with van der Waals surface area (Å²) in [7, 11) is 0. The average Bonchev–Trinajstić information content (AvgIpc) is 2.36. The van der Waals surface area contributed by atoms with Crippen LogP contribution in [0.15, 0.2) is 24.3 Å². The SMILES string of the molecule is [2H]C1([2H])c2ccccc2C(=O)N1C(C)C. The zero-order valence-electron chi connectivity index (χ0n) is 9.74. The minimum Gasteiger partial charge on any atom is -0.332 e. The van der Waals surface area contributed by atoms with Crippen LogP contribution in [0.5, 0.6) is 0 Å². The molecule has 2 nitrogen and oxygen atoms in total. The standard InChI is InChI=1S/C11H13NO/c1-8(2)12-7-9-5-3-4-6-10(9)11(12)13/h3-6,8H,7H2,1-2H3/i7D2. The highest BCUT2D eigenvalue weighted by Crippen LogP contribution is 2.23. The van der Waals surface area contributed by atoms with Crippen LogP contribution in [0.1, 0.15) is 32.5 Å². The van der Waals surface area contributed by atoms with Crippen molar-refractivity contribution < 1.29 is 7.54 Å². The first-order chi connectivity index (χ1) is 6.96. The second-order valence-electron chi connectivity index (χ2n) is 3.43. The normalized spacial score (nSPS) is 21.5. The van der Waals surface area contributed by atoms with Crippen molar-refractivity contribution in [3.63, 3.8) is 0 Å². The molecule has 0 saturated heterocycles. The Bertz CT molecular complexity index is 415. The molecule has 0 aromatic heterocycles. The van der Waals surface area contributed by atoms with Crippen LogP contribution in [0.25, 0.3) is 0 Å². The summed E-state index contributed by atoms with van der Waals surface area (Å²) in [5.74, 6) is -0.217. The van der Waals surface area contributed by atoms with Gasteiger partial charge < -0.3 is 4.90 Å². The van der Waals surface area contributed by atoms with E-state index in [-0.39, 0.29) is 11.9 Å². The predicted molar refractivity (Wildman–Crippen MR) is 51.5 cm³/mol. The molecule has 0 atom stereocenters. The average molecular weight is 177 g/mol. The Labute approximate surface area is 81.0 Å². The van der Waals surface area contributed by atoms with Gasteiger partial charge in [-0.15, -0.1) is 0 Å². The van der Waals surface area contributed by atoms with Gasteiger partial charge in [0.2, 0.25) is 0 Å². The molecule has 2 heteroatoms. The lowest BCUT2D eigenvalue weighted by atomic mass is 10.1. The van der Waals surface area contributed by atoms with Crippen molar-refractivity contribution in [2.45, 2.75) is 26.4 Å². The number of nitrogens with zero attached hydrogens (tertiary/aromatic N) is 1. The largest absolute Gasteiger partial charge is 0.332 e. The first-order valence-corrected chi connectivity index (χ1v) is 4.39. The minimum absolute atomic E-state index is 0.139.